The summed E-state index contributed by atoms with van der Waals surface area (Å²) in [7, 11) is 1.57. The molecule has 4 rings (SSSR count). The minimum absolute atomic E-state index is 0.172. The summed E-state index contributed by atoms with van der Waals surface area (Å²) in [4.78, 5) is 29.0. The van der Waals surface area contributed by atoms with E-state index < -0.39 is 24.8 Å². The highest BCUT2D eigenvalue weighted by molar-refractivity contribution is 5.88. The highest BCUT2D eigenvalue weighted by Crippen LogP contribution is 2.32. The molecule has 160 valence electrons. The highest BCUT2D eigenvalue weighted by Gasteiger charge is 2.30. The van der Waals surface area contributed by atoms with Gasteiger partial charge in [-0.25, -0.2) is 9.89 Å². The van der Waals surface area contributed by atoms with E-state index in [2.05, 4.69) is 10.1 Å². The second-order valence-electron chi connectivity index (χ2n) is 7.02. The lowest BCUT2D eigenvalue weighted by atomic mass is 10.0. The van der Waals surface area contributed by atoms with Gasteiger partial charge < -0.3 is 10.3 Å². The summed E-state index contributed by atoms with van der Waals surface area (Å²) in [6, 6.07) is 11.9. The van der Waals surface area contributed by atoms with E-state index in [0.29, 0.717) is 22.4 Å². The predicted molar refractivity (Wildman–Crippen MR) is 107 cm³/mol. The third kappa shape index (κ3) is 3.81. The fourth-order valence-corrected chi connectivity index (χ4v) is 3.37. The minimum Gasteiger partial charge on any atom is -0.319 e. The van der Waals surface area contributed by atoms with E-state index in [9.17, 15) is 22.8 Å². The van der Waals surface area contributed by atoms with Gasteiger partial charge in [0, 0.05) is 30.4 Å². The van der Waals surface area contributed by atoms with Gasteiger partial charge in [-0.2, -0.15) is 17.9 Å². The summed E-state index contributed by atoms with van der Waals surface area (Å²) in [5, 5.41) is 2.75. The first-order chi connectivity index (χ1) is 14.7. The number of anilines is 1. The fraction of sp³-hybridized carbons (Fsp3) is 0.200. The van der Waals surface area contributed by atoms with Crippen molar-refractivity contribution in [2.24, 2.45) is 7.05 Å². The van der Waals surface area contributed by atoms with Crippen molar-refractivity contribution in [3.05, 3.63) is 69.5 Å². The number of nitrogen functional groups attached to an aromatic ring is 1. The Kier molecular flexibility index (Phi) is 4.88. The standard InChI is InChI=1S/C20H17F3N6O2/c1-27-11-13(7-8-14(27)30)15-16(12-5-3-2-4-6-12)25-18(24)29-17(15)26-28(19(29)31)10-9-20(21,22)23/h2-8,11H,9-10H2,1H3,(H2,24,25,26)/p+1. The number of rotatable bonds is 4. The number of fused-ring (bicyclic) bond motifs is 1. The van der Waals surface area contributed by atoms with E-state index >= 15 is 0 Å². The van der Waals surface area contributed by atoms with E-state index in [1.807, 2.05) is 6.07 Å². The number of halogens is 3. The summed E-state index contributed by atoms with van der Waals surface area (Å²) >= 11 is 0. The van der Waals surface area contributed by atoms with Crippen LogP contribution in [0.3, 0.4) is 0 Å². The Labute approximate surface area is 173 Å². The second kappa shape index (κ2) is 7.42. The van der Waals surface area contributed by atoms with E-state index in [0.717, 1.165) is 9.08 Å². The van der Waals surface area contributed by atoms with Gasteiger partial charge in [0.15, 0.2) is 0 Å². The van der Waals surface area contributed by atoms with E-state index in [-0.39, 0.29) is 17.2 Å². The Bertz CT molecular complexity index is 1390. The molecule has 0 bridgehead atoms. The molecule has 1 aromatic carbocycles. The number of pyridine rings is 1. The van der Waals surface area contributed by atoms with Crippen LogP contribution in [0.15, 0.2) is 58.3 Å². The molecule has 8 nitrogen and oxygen atoms in total. The summed E-state index contributed by atoms with van der Waals surface area (Å²) < 4.78 is 41.4. The Balaban J connectivity index is 2.05. The number of aromatic nitrogens is 5. The third-order valence-electron chi connectivity index (χ3n) is 4.86. The number of nitrogens with zero attached hydrogens (tertiary/aromatic N) is 4. The van der Waals surface area contributed by atoms with Gasteiger partial charge in [0.05, 0.1) is 18.5 Å². The molecule has 0 aliphatic rings. The predicted octanol–water partition coefficient (Wildman–Crippen LogP) is 1.88. The lowest BCUT2D eigenvalue weighted by Crippen LogP contribution is -2.44. The summed E-state index contributed by atoms with van der Waals surface area (Å²) in [5.74, 6) is -0.172. The van der Waals surface area contributed by atoms with Gasteiger partial charge in [-0.05, 0) is 6.07 Å². The van der Waals surface area contributed by atoms with E-state index in [1.165, 1.54) is 10.6 Å². The molecule has 0 fully saturated rings. The number of H-pyrrole nitrogens is 1. The van der Waals surface area contributed by atoms with Crippen molar-refractivity contribution in [1.29, 1.82) is 0 Å². The lowest BCUT2D eigenvalue weighted by molar-refractivity contribution is -0.516. The first-order valence-corrected chi connectivity index (χ1v) is 9.29. The molecule has 31 heavy (non-hydrogen) atoms. The van der Waals surface area contributed by atoms with Crippen LogP contribution in [0.4, 0.5) is 19.1 Å². The fourth-order valence-electron chi connectivity index (χ4n) is 3.37. The van der Waals surface area contributed by atoms with Gasteiger partial charge >= 0.3 is 17.8 Å². The molecular weight excluding hydrogens is 413 g/mol. The molecule has 0 aliphatic heterocycles. The number of nitrogens with two attached hydrogens (primary N) is 1. The molecule has 0 aliphatic carbocycles. The first kappa shape index (κ1) is 20.4. The molecule has 0 unspecified atom stereocenters. The monoisotopic (exact) mass is 431 g/mol. The molecule has 3 N–H and O–H groups in total. The van der Waals surface area contributed by atoms with Crippen molar-refractivity contribution < 1.29 is 17.6 Å². The number of alkyl halides is 3. The third-order valence-corrected chi connectivity index (χ3v) is 4.86. The molecule has 0 saturated carbocycles. The molecule has 0 atom stereocenters. The highest BCUT2D eigenvalue weighted by atomic mass is 19.4. The largest absolute Gasteiger partial charge is 0.428 e. The van der Waals surface area contributed by atoms with Crippen molar-refractivity contribution in [2.75, 3.05) is 5.73 Å². The number of hydrogen-bond donors (Lipinski definition) is 2. The summed E-state index contributed by atoms with van der Waals surface area (Å²) in [6.07, 6.45) is -4.05. The number of aryl methyl sites for hydroxylation is 2. The van der Waals surface area contributed by atoms with Crippen LogP contribution in [0.2, 0.25) is 0 Å². The molecule has 11 heteroatoms. The van der Waals surface area contributed by atoms with Crippen molar-refractivity contribution in [3.63, 3.8) is 0 Å². The Morgan fingerprint density at radius 3 is 2.45 bits per heavy atom. The molecular formula is C20H18F3N6O2+. The topological polar surface area (TPSA) is 103 Å². The zero-order chi connectivity index (χ0) is 22.3. The van der Waals surface area contributed by atoms with E-state index in [4.69, 9.17) is 5.73 Å². The average molecular weight is 431 g/mol. The van der Waals surface area contributed by atoms with Gasteiger partial charge in [0.2, 0.25) is 11.2 Å². The Morgan fingerprint density at radius 1 is 1.10 bits per heavy atom. The molecule has 0 saturated heterocycles. The van der Waals surface area contributed by atoms with Gasteiger partial charge in [-0.3, -0.25) is 4.79 Å². The van der Waals surface area contributed by atoms with Gasteiger partial charge in [0.1, 0.15) is 5.69 Å². The second-order valence-corrected chi connectivity index (χ2v) is 7.02. The maximum atomic E-state index is 12.8. The number of benzene rings is 1. The van der Waals surface area contributed by atoms with Crippen molar-refractivity contribution in [2.45, 2.75) is 19.1 Å². The van der Waals surface area contributed by atoms with Gasteiger partial charge in [0.25, 0.3) is 0 Å². The number of aromatic amines is 1. The zero-order valence-corrected chi connectivity index (χ0v) is 16.3. The smallest absolute Gasteiger partial charge is 0.319 e. The molecule has 3 heterocycles. The molecule has 0 spiro atoms. The SMILES string of the molecule is Cn1cc(-c2c(-c3ccccc3)nc(N)[n+]3c(=O)n(CCC(F)(F)F)[nH]c23)ccc1=O. The van der Waals surface area contributed by atoms with Crippen LogP contribution < -0.4 is 21.4 Å². The number of hydrogen-bond acceptors (Lipinski definition) is 4. The number of nitrogens with one attached hydrogen (secondary N) is 1. The maximum absolute atomic E-state index is 12.8. The van der Waals surface area contributed by atoms with Crippen LogP contribution in [-0.2, 0) is 13.6 Å². The van der Waals surface area contributed by atoms with Crippen LogP contribution in [0.1, 0.15) is 6.42 Å². The zero-order valence-electron chi connectivity index (χ0n) is 16.3. The molecule has 4 aromatic rings. The van der Waals surface area contributed by atoms with Crippen LogP contribution in [-0.4, -0.2) is 25.5 Å². The van der Waals surface area contributed by atoms with Crippen molar-refractivity contribution >= 4 is 11.6 Å². The normalized spacial score (nSPS) is 11.9. The molecule has 0 radical (unpaired) electrons. The van der Waals surface area contributed by atoms with Gasteiger partial charge in [-0.15, -0.1) is 9.38 Å². The van der Waals surface area contributed by atoms with E-state index in [1.54, 1.807) is 43.6 Å². The average Bonchev–Trinajstić information content (AvgIpc) is 3.05. The van der Waals surface area contributed by atoms with Crippen molar-refractivity contribution in [1.82, 2.24) is 19.3 Å². The van der Waals surface area contributed by atoms with Crippen LogP contribution >= 0.6 is 0 Å². The van der Waals surface area contributed by atoms with Crippen LogP contribution in [0.25, 0.3) is 28.0 Å². The van der Waals surface area contributed by atoms with Gasteiger partial charge in [-0.1, -0.05) is 30.3 Å². The summed E-state index contributed by atoms with van der Waals surface area (Å²) in [5.41, 5.74) is 7.27. The minimum atomic E-state index is -4.43. The van der Waals surface area contributed by atoms with Crippen LogP contribution in [0.5, 0.6) is 0 Å². The molecule has 0 amide bonds. The lowest BCUT2D eigenvalue weighted by Gasteiger charge is -2.09. The maximum Gasteiger partial charge on any atom is 0.428 e. The first-order valence-electron chi connectivity index (χ1n) is 9.29. The quantitative estimate of drug-likeness (QED) is 0.482. The Morgan fingerprint density at radius 2 is 1.81 bits per heavy atom. The summed E-state index contributed by atoms with van der Waals surface area (Å²) in [6.45, 7) is -0.600. The van der Waals surface area contributed by atoms with Crippen LogP contribution in [0, 0.1) is 0 Å². The Hall–Kier alpha value is -3.89. The molecule has 3 aromatic heterocycles. The van der Waals surface area contributed by atoms with Crippen molar-refractivity contribution in [3.8, 4) is 22.4 Å².